The summed E-state index contributed by atoms with van der Waals surface area (Å²) in [5.41, 5.74) is -0.198. The van der Waals surface area contributed by atoms with E-state index in [0.29, 0.717) is 17.1 Å². The van der Waals surface area contributed by atoms with Gasteiger partial charge in [0.1, 0.15) is 17.7 Å². The predicted molar refractivity (Wildman–Crippen MR) is 146 cm³/mol. The van der Waals surface area contributed by atoms with E-state index in [2.05, 4.69) is 25.3 Å². The molecule has 16 heteroatoms. The molecule has 2 aromatic rings. The van der Waals surface area contributed by atoms with Gasteiger partial charge in [0.25, 0.3) is 11.9 Å². The normalized spacial score (nSPS) is 23.0. The molecule has 232 valence electrons. The number of ether oxygens (including phenoxy) is 1. The van der Waals surface area contributed by atoms with Crippen molar-refractivity contribution >= 4 is 35.2 Å². The van der Waals surface area contributed by atoms with E-state index >= 15 is 0 Å². The molecular weight excluding hydrogens is 577 g/mol. The first-order chi connectivity index (χ1) is 20.2. The summed E-state index contributed by atoms with van der Waals surface area (Å²) in [5, 5.41) is 11.5. The zero-order valence-electron chi connectivity index (χ0n) is 23.7. The van der Waals surface area contributed by atoms with Crippen molar-refractivity contribution in [3.8, 4) is 0 Å². The number of nitrogens with zero attached hydrogens (tertiary/aromatic N) is 7. The lowest BCUT2D eigenvalue weighted by atomic mass is 9.87. The van der Waals surface area contributed by atoms with Gasteiger partial charge in [-0.15, -0.1) is 0 Å². The number of hydrogen-bond donors (Lipinski definition) is 2. The van der Waals surface area contributed by atoms with Crippen LogP contribution in [0.2, 0.25) is 0 Å². The lowest BCUT2D eigenvalue weighted by molar-refractivity contribution is -0.169. The third-order valence-corrected chi connectivity index (χ3v) is 8.32. The molecular formula is C27H32F5N9O2. The number of fused-ring (bicyclic) bond motifs is 1. The van der Waals surface area contributed by atoms with Crippen LogP contribution in [0.25, 0.3) is 0 Å². The molecule has 0 radical (unpaired) electrons. The number of rotatable bonds is 6. The van der Waals surface area contributed by atoms with E-state index in [1.165, 1.54) is 17.3 Å². The highest BCUT2D eigenvalue weighted by atomic mass is 19.4. The van der Waals surface area contributed by atoms with Crippen LogP contribution in [-0.2, 0) is 21.6 Å². The second-order valence-corrected chi connectivity index (χ2v) is 11.9. The number of halogens is 5. The molecule has 1 atom stereocenters. The minimum atomic E-state index is -4.49. The molecule has 0 aromatic carbocycles. The van der Waals surface area contributed by atoms with Gasteiger partial charge in [-0.25, -0.2) is 28.7 Å². The Labute approximate surface area is 244 Å². The van der Waals surface area contributed by atoms with Crippen molar-refractivity contribution in [2.75, 3.05) is 34.8 Å². The average molecular weight is 610 g/mol. The Morgan fingerprint density at radius 2 is 1.77 bits per heavy atom. The van der Waals surface area contributed by atoms with Gasteiger partial charge < -0.3 is 19.9 Å². The first kappa shape index (κ1) is 29.2. The maximum absolute atomic E-state index is 13.8. The van der Waals surface area contributed by atoms with E-state index in [9.17, 15) is 26.7 Å². The minimum absolute atomic E-state index is 0.0505. The highest BCUT2D eigenvalue weighted by Gasteiger charge is 2.50. The zero-order chi connectivity index (χ0) is 30.7. The summed E-state index contributed by atoms with van der Waals surface area (Å²) >= 11 is 0. The fourth-order valence-corrected chi connectivity index (χ4v) is 5.74. The third-order valence-electron chi connectivity index (χ3n) is 8.32. The Bertz CT molecular complexity index is 1400. The molecule has 11 nitrogen and oxygen atoms in total. The fraction of sp³-hybridized carbons (Fsp3) is 0.630. The van der Waals surface area contributed by atoms with Crippen molar-refractivity contribution in [2.24, 2.45) is 0 Å². The number of nitrogens with one attached hydrogen (secondary N) is 2. The van der Waals surface area contributed by atoms with Crippen LogP contribution in [0.5, 0.6) is 0 Å². The second kappa shape index (κ2) is 10.4. The van der Waals surface area contributed by atoms with E-state index in [1.807, 2.05) is 0 Å². The van der Waals surface area contributed by atoms with Crippen LogP contribution in [0.15, 0.2) is 12.4 Å². The summed E-state index contributed by atoms with van der Waals surface area (Å²) in [6, 6.07) is -2.25. The number of amidine groups is 1. The van der Waals surface area contributed by atoms with E-state index in [1.54, 1.807) is 18.7 Å². The molecule has 2 N–H and O–H groups in total. The molecule has 1 saturated carbocycles. The van der Waals surface area contributed by atoms with E-state index in [4.69, 9.17) is 10.1 Å². The van der Waals surface area contributed by atoms with Crippen LogP contribution in [0.4, 0.5) is 45.2 Å². The predicted octanol–water partition coefficient (Wildman–Crippen LogP) is 4.51. The summed E-state index contributed by atoms with van der Waals surface area (Å²) in [6.45, 7) is 3.37. The van der Waals surface area contributed by atoms with Gasteiger partial charge in [-0.3, -0.25) is 15.1 Å². The first-order valence-corrected chi connectivity index (χ1v) is 14.3. The van der Waals surface area contributed by atoms with Gasteiger partial charge in [0, 0.05) is 38.5 Å². The number of anilines is 4. The third kappa shape index (κ3) is 5.62. The number of likely N-dealkylation sites (tertiary alicyclic amines) is 1. The van der Waals surface area contributed by atoms with Gasteiger partial charge in [0.05, 0.1) is 29.1 Å². The van der Waals surface area contributed by atoms with Crippen molar-refractivity contribution in [3.05, 3.63) is 23.8 Å². The molecule has 0 unspecified atom stereocenters. The summed E-state index contributed by atoms with van der Waals surface area (Å²) < 4.78 is 73.0. The van der Waals surface area contributed by atoms with Crippen molar-refractivity contribution < 1.29 is 31.5 Å². The molecule has 43 heavy (non-hydrogen) atoms. The Hall–Kier alpha value is -3.85. The highest BCUT2D eigenvalue weighted by Crippen LogP contribution is 2.48. The maximum atomic E-state index is 13.8. The number of piperidine rings is 1. The molecule has 1 aliphatic carbocycles. The molecule has 5 heterocycles. The Kier molecular flexibility index (Phi) is 7.07. The highest BCUT2D eigenvalue weighted by molar-refractivity contribution is 6.12. The molecule has 1 amide bonds. The Morgan fingerprint density at radius 1 is 1.09 bits per heavy atom. The number of aromatic nitrogens is 4. The largest absolute Gasteiger partial charge is 0.457 e. The number of amides is 1. The number of carbonyl (C=O) groups excluding carboxylic acids is 1. The molecule has 0 bridgehead atoms. The summed E-state index contributed by atoms with van der Waals surface area (Å²) in [7, 11) is 0. The van der Waals surface area contributed by atoms with Gasteiger partial charge in [-0.2, -0.15) is 13.2 Å². The summed E-state index contributed by atoms with van der Waals surface area (Å²) in [4.78, 5) is 35.5. The SMILES string of the molecule is CC1(C)C(=O)N(c2cnc(N3CCC(F)(F)CC3)nc2)c2nc(COC(=N)N3CCC[C@@H]3C(F)(F)F)nc(NC3CC3)c21. The average Bonchev–Trinajstić information content (AvgIpc) is 3.55. The fourth-order valence-electron chi connectivity index (χ4n) is 5.74. The number of hydrogen-bond acceptors (Lipinski definition) is 9. The van der Waals surface area contributed by atoms with Gasteiger partial charge in [0.15, 0.2) is 12.4 Å². The lowest BCUT2D eigenvalue weighted by Gasteiger charge is -2.31. The maximum Gasteiger partial charge on any atom is 0.408 e. The van der Waals surface area contributed by atoms with Gasteiger partial charge in [-0.05, 0) is 39.5 Å². The van der Waals surface area contributed by atoms with Crippen molar-refractivity contribution in [3.63, 3.8) is 0 Å². The van der Waals surface area contributed by atoms with Gasteiger partial charge in [-0.1, -0.05) is 0 Å². The quantitative estimate of drug-likeness (QED) is 0.277. The lowest BCUT2D eigenvalue weighted by Crippen LogP contribution is -2.45. The Morgan fingerprint density at radius 3 is 2.40 bits per heavy atom. The van der Waals surface area contributed by atoms with E-state index in [-0.39, 0.29) is 81.5 Å². The monoisotopic (exact) mass is 609 g/mol. The van der Waals surface area contributed by atoms with Gasteiger partial charge in [0.2, 0.25) is 11.9 Å². The first-order valence-electron chi connectivity index (χ1n) is 14.3. The molecule has 3 aliphatic heterocycles. The standard InChI is InChI=1S/C27H32F5N9O2/c1-25(2)19-20(36-15-5-6-15)37-18(14-43-23(33)40-9-3-4-17(40)27(30,31)32)38-21(19)41(22(25)42)16-12-34-24(35-13-16)39-10-7-26(28,29)8-11-39/h12-13,15,17,33H,3-11,14H2,1-2H3,(H,36,37,38)/t17-/m1/s1. The number of carbonyl (C=O) groups is 1. The minimum Gasteiger partial charge on any atom is -0.457 e. The topological polar surface area (TPSA) is 123 Å². The number of alkyl halides is 5. The van der Waals surface area contributed by atoms with Crippen molar-refractivity contribution in [2.45, 2.75) is 88.6 Å². The Balaban J connectivity index is 1.28. The summed E-state index contributed by atoms with van der Waals surface area (Å²) in [5.74, 6) is -2.01. The van der Waals surface area contributed by atoms with Crippen LogP contribution in [0.3, 0.4) is 0 Å². The molecule has 2 aromatic heterocycles. The van der Waals surface area contributed by atoms with Crippen LogP contribution < -0.4 is 15.1 Å². The molecule has 6 rings (SSSR count). The molecule has 2 saturated heterocycles. The van der Waals surface area contributed by atoms with Crippen LogP contribution in [0, 0.1) is 5.41 Å². The smallest absolute Gasteiger partial charge is 0.408 e. The van der Waals surface area contributed by atoms with Crippen LogP contribution in [0.1, 0.15) is 63.8 Å². The zero-order valence-corrected chi connectivity index (χ0v) is 23.7. The van der Waals surface area contributed by atoms with Crippen molar-refractivity contribution in [1.82, 2.24) is 24.8 Å². The van der Waals surface area contributed by atoms with Crippen molar-refractivity contribution in [1.29, 1.82) is 5.41 Å². The van der Waals surface area contributed by atoms with Crippen LogP contribution in [-0.4, -0.2) is 80.6 Å². The van der Waals surface area contributed by atoms with Gasteiger partial charge >= 0.3 is 6.18 Å². The van der Waals surface area contributed by atoms with E-state index in [0.717, 1.165) is 17.7 Å². The second-order valence-electron chi connectivity index (χ2n) is 11.9. The molecule has 3 fully saturated rings. The molecule has 4 aliphatic rings. The summed E-state index contributed by atoms with van der Waals surface area (Å²) in [6.07, 6.45) is -0.201. The van der Waals surface area contributed by atoms with Crippen LogP contribution >= 0.6 is 0 Å². The van der Waals surface area contributed by atoms with E-state index < -0.39 is 29.6 Å². The molecule has 0 spiro atoms.